The number of aromatic hydroxyl groups is 1. The van der Waals surface area contributed by atoms with E-state index in [0.717, 1.165) is 38.5 Å². The lowest BCUT2D eigenvalue weighted by Crippen LogP contribution is -2.49. The van der Waals surface area contributed by atoms with Gasteiger partial charge in [0.05, 0.1) is 11.8 Å². The van der Waals surface area contributed by atoms with E-state index in [1.165, 1.54) is 18.5 Å². The fourth-order valence-electron chi connectivity index (χ4n) is 2.12. The molecule has 104 valence electrons. The van der Waals surface area contributed by atoms with E-state index in [4.69, 9.17) is 0 Å². The van der Waals surface area contributed by atoms with Crippen molar-refractivity contribution in [2.75, 3.05) is 44.7 Å². The number of amides is 1. The number of hydrogen-bond acceptors (Lipinski definition) is 5. The van der Waals surface area contributed by atoms with Crippen LogP contribution in [0.1, 0.15) is 10.4 Å². The number of rotatable bonds is 4. The van der Waals surface area contributed by atoms with Crippen molar-refractivity contribution < 1.29 is 9.90 Å². The second-order valence-electron chi connectivity index (χ2n) is 4.56. The van der Waals surface area contributed by atoms with E-state index in [2.05, 4.69) is 16.1 Å². The summed E-state index contributed by atoms with van der Waals surface area (Å²) in [7, 11) is 0. The molecule has 0 unspecified atom stereocenters. The van der Waals surface area contributed by atoms with Crippen LogP contribution >= 0.6 is 11.8 Å². The molecule has 1 fully saturated rings. The minimum atomic E-state index is -0.0482. The highest BCUT2D eigenvalue weighted by Gasteiger charge is 2.22. The Hall–Kier alpha value is -1.27. The fraction of sp³-hybridized carbons (Fsp3) is 0.538. The van der Waals surface area contributed by atoms with Gasteiger partial charge in [0.15, 0.2) is 0 Å². The summed E-state index contributed by atoms with van der Waals surface area (Å²) in [6.07, 6.45) is 4.94. The Labute approximate surface area is 117 Å². The highest BCUT2D eigenvalue weighted by molar-refractivity contribution is 7.98. The van der Waals surface area contributed by atoms with Gasteiger partial charge in [-0.1, -0.05) is 0 Å². The molecule has 1 aliphatic heterocycles. The van der Waals surface area contributed by atoms with Crippen LogP contribution in [-0.4, -0.2) is 70.5 Å². The van der Waals surface area contributed by atoms with E-state index in [1.54, 1.807) is 0 Å². The number of pyridine rings is 1. The van der Waals surface area contributed by atoms with Gasteiger partial charge < -0.3 is 10.0 Å². The van der Waals surface area contributed by atoms with Gasteiger partial charge in [0.25, 0.3) is 5.91 Å². The maximum Gasteiger partial charge on any atom is 0.255 e. The van der Waals surface area contributed by atoms with Crippen molar-refractivity contribution in [2.45, 2.75) is 0 Å². The summed E-state index contributed by atoms with van der Waals surface area (Å²) >= 11 is 1.84. The molecule has 19 heavy (non-hydrogen) atoms. The number of piperazine rings is 1. The molecule has 0 aromatic carbocycles. The normalized spacial score (nSPS) is 16.6. The Morgan fingerprint density at radius 1 is 1.37 bits per heavy atom. The van der Waals surface area contributed by atoms with Crippen LogP contribution in [0.5, 0.6) is 5.75 Å². The van der Waals surface area contributed by atoms with Gasteiger partial charge in [-0.3, -0.25) is 14.7 Å². The first-order valence-electron chi connectivity index (χ1n) is 6.35. The molecular weight excluding hydrogens is 262 g/mol. The molecule has 2 heterocycles. The Bertz CT molecular complexity index is 434. The van der Waals surface area contributed by atoms with E-state index in [0.29, 0.717) is 5.56 Å². The number of hydrogen-bond donors (Lipinski definition) is 1. The lowest BCUT2D eigenvalue weighted by Gasteiger charge is -2.34. The Morgan fingerprint density at radius 2 is 2.11 bits per heavy atom. The van der Waals surface area contributed by atoms with E-state index in [9.17, 15) is 9.90 Å². The fourth-order valence-corrected chi connectivity index (χ4v) is 2.56. The van der Waals surface area contributed by atoms with E-state index in [1.807, 2.05) is 16.7 Å². The number of nitrogens with zero attached hydrogens (tertiary/aromatic N) is 3. The van der Waals surface area contributed by atoms with Crippen LogP contribution in [0.2, 0.25) is 0 Å². The van der Waals surface area contributed by atoms with Crippen LogP contribution in [0, 0.1) is 0 Å². The van der Waals surface area contributed by atoms with Crippen molar-refractivity contribution in [3.63, 3.8) is 0 Å². The van der Waals surface area contributed by atoms with E-state index in [-0.39, 0.29) is 11.7 Å². The molecule has 1 aromatic heterocycles. The van der Waals surface area contributed by atoms with Crippen LogP contribution in [0.25, 0.3) is 0 Å². The largest absolute Gasteiger partial charge is 0.506 e. The van der Waals surface area contributed by atoms with E-state index < -0.39 is 0 Å². The second-order valence-corrected chi connectivity index (χ2v) is 5.54. The zero-order chi connectivity index (χ0) is 13.7. The average molecular weight is 281 g/mol. The zero-order valence-corrected chi connectivity index (χ0v) is 11.9. The van der Waals surface area contributed by atoms with Gasteiger partial charge in [0, 0.05) is 44.7 Å². The van der Waals surface area contributed by atoms with Gasteiger partial charge in [-0.05, 0) is 12.3 Å². The molecule has 0 aliphatic carbocycles. The predicted octanol–water partition coefficient (Wildman–Crippen LogP) is 0.908. The van der Waals surface area contributed by atoms with Crippen molar-refractivity contribution in [3.8, 4) is 5.75 Å². The molecule has 0 saturated carbocycles. The highest BCUT2D eigenvalue weighted by Crippen LogP contribution is 2.13. The molecule has 0 radical (unpaired) electrons. The number of carbonyl (C=O) groups excluding carboxylic acids is 1. The summed E-state index contributed by atoms with van der Waals surface area (Å²) in [5, 5.41) is 9.36. The van der Waals surface area contributed by atoms with Gasteiger partial charge in [-0.2, -0.15) is 11.8 Å². The quantitative estimate of drug-likeness (QED) is 0.889. The van der Waals surface area contributed by atoms with Crippen molar-refractivity contribution in [1.82, 2.24) is 14.8 Å². The summed E-state index contributed by atoms with van der Waals surface area (Å²) in [6, 6.07) is 1.47. The first-order valence-corrected chi connectivity index (χ1v) is 7.74. The molecule has 2 rings (SSSR count). The van der Waals surface area contributed by atoms with Crippen LogP contribution in [0.4, 0.5) is 0 Å². The number of thioether (sulfide) groups is 1. The minimum absolute atomic E-state index is 0.0319. The van der Waals surface area contributed by atoms with Gasteiger partial charge in [-0.25, -0.2) is 0 Å². The maximum atomic E-state index is 12.2. The average Bonchev–Trinajstić information content (AvgIpc) is 2.45. The third-order valence-electron chi connectivity index (χ3n) is 3.24. The molecule has 0 bridgehead atoms. The molecule has 1 N–H and O–H groups in total. The molecule has 0 spiro atoms. The summed E-state index contributed by atoms with van der Waals surface area (Å²) in [6.45, 7) is 4.39. The summed E-state index contributed by atoms with van der Waals surface area (Å²) < 4.78 is 0. The van der Waals surface area contributed by atoms with Crippen molar-refractivity contribution in [2.24, 2.45) is 0 Å². The van der Waals surface area contributed by atoms with Crippen molar-refractivity contribution >= 4 is 17.7 Å². The number of carbonyl (C=O) groups is 1. The third-order valence-corrected chi connectivity index (χ3v) is 3.83. The van der Waals surface area contributed by atoms with Gasteiger partial charge in [-0.15, -0.1) is 0 Å². The summed E-state index contributed by atoms with van der Waals surface area (Å²) in [5.74, 6) is 1.11. The number of aromatic nitrogens is 1. The van der Waals surface area contributed by atoms with Gasteiger partial charge >= 0.3 is 0 Å². The van der Waals surface area contributed by atoms with Crippen molar-refractivity contribution in [1.29, 1.82) is 0 Å². The van der Waals surface area contributed by atoms with Crippen LogP contribution in [0.15, 0.2) is 18.5 Å². The molecule has 1 aliphatic rings. The van der Waals surface area contributed by atoms with Crippen LogP contribution in [-0.2, 0) is 0 Å². The third kappa shape index (κ3) is 3.84. The molecule has 6 heteroatoms. The Kier molecular flexibility index (Phi) is 5.04. The molecule has 1 saturated heterocycles. The minimum Gasteiger partial charge on any atom is -0.506 e. The molecule has 5 nitrogen and oxygen atoms in total. The van der Waals surface area contributed by atoms with Gasteiger partial charge in [0.1, 0.15) is 5.75 Å². The SMILES string of the molecule is CSCCN1CCN(C(=O)c2cncc(O)c2)CC1. The maximum absolute atomic E-state index is 12.2. The smallest absolute Gasteiger partial charge is 0.255 e. The highest BCUT2D eigenvalue weighted by atomic mass is 32.2. The Balaban J connectivity index is 1.89. The monoisotopic (exact) mass is 281 g/mol. The lowest BCUT2D eigenvalue weighted by molar-refractivity contribution is 0.0644. The molecule has 0 atom stereocenters. The van der Waals surface area contributed by atoms with Crippen LogP contribution in [0.3, 0.4) is 0 Å². The Morgan fingerprint density at radius 3 is 2.74 bits per heavy atom. The van der Waals surface area contributed by atoms with Gasteiger partial charge in [0.2, 0.25) is 0 Å². The zero-order valence-electron chi connectivity index (χ0n) is 11.1. The van der Waals surface area contributed by atoms with Crippen LogP contribution < -0.4 is 0 Å². The summed E-state index contributed by atoms with van der Waals surface area (Å²) in [5.41, 5.74) is 0.456. The van der Waals surface area contributed by atoms with Crippen molar-refractivity contribution in [3.05, 3.63) is 24.0 Å². The topological polar surface area (TPSA) is 56.7 Å². The molecule has 1 amide bonds. The first kappa shape index (κ1) is 14.1. The second kappa shape index (κ2) is 6.77. The first-order chi connectivity index (χ1) is 9.20. The standard InChI is InChI=1S/C13H19N3O2S/c1-19-7-6-15-2-4-16(5-3-15)13(18)11-8-12(17)10-14-9-11/h8-10,17H,2-7H2,1H3. The molecular formula is C13H19N3O2S. The van der Waals surface area contributed by atoms with E-state index >= 15 is 0 Å². The predicted molar refractivity (Wildman–Crippen MR) is 76.6 cm³/mol. The lowest BCUT2D eigenvalue weighted by atomic mass is 10.2. The summed E-state index contributed by atoms with van der Waals surface area (Å²) in [4.78, 5) is 20.3. The molecule has 1 aromatic rings.